The van der Waals surface area contributed by atoms with Crippen molar-refractivity contribution in [2.45, 2.75) is 0 Å². The summed E-state index contributed by atoms with van der Waals surface area (Å²) in [5.41, 5.74) is 1.00. The predicted octanol–water partition coefficient (Wildman–Crippen LogP) is -0.608. The quantitative estimate of drug-likeness (QED) is 0.595. The van der Waals surface area contributed by atoms with Crippen molar-refractivity contribution in [3.63, 3.8) is 0 Å². The van der Waals surface area contributed by atoms with Gasteiger partial charge in [-0.15, -0.1) is 0 Å². The molecule has 14 heavy (non-hydrogen) atoms. The molecule has 0 aliphatic rings. The number of fused-ring (bicyclic) bond motifs is 1. The van der Waals surface area contributed by atoms with Crippen molar-refractivity contribution >= 4 is 23.6 Å². The van der Waals surface area contributed by atoms with E-state index in [1.807, 2.05) is 0 Å². The molecule has 2 rings (SSSR count). The fourth-order valence-corrected chi connectivity index (χ4v) is 1.36. The molecule has 0 unspecified atom stereocenters. The summed E-state index contributed by atoms with van der Waals surface area (Å²) in [6.45, 7) is 0. The van der Waals surface area contributed by atoms with Gasteiger partial charge in [-0.3, -0.25) is 0 Å². The molecular weight excluding hydrogens is 186 g/mol. The van der Waals surface area contributed by atoms with E-state index in [4.69, 9.17) is 10.0 Å². The van der Waals surface area contributed by atoms with Gasteiger partial charge in [-0.05, 0) is 12.1 Å². The minimum absolute atomic E-state index is 0.156. The molecule has 0 fully saturated rings. The Kier molecular flexibility index (Phi) is 2.01. The zero-order valence-electron chi connectivity index (χ0n) is 7.48. The third-order valence-electron chi connectivity index (χ3n) is 2.12. The third-order valence-corrected chi connectivity index (χ3v) is 2.12. The number of rotatable bonds is 1. The van der Waals surface area contributed by atoms with Crippen molar-refractivity contribution in [3.05, 3.63) is 24.3 Å². The van der Waals surface area contributed by atoms with Gasteiger partial charge in [0.25, 0.3) is 0 Å². The van der Waals surface area contributed by atoms with Crippen LogP contribution in [0.4, 0.5) is 4.39 Å². The summed E-state index contributed by atoms with van der Waals surface area (Å²) in [5, 5.41) is 17.7. The minimum Gasteiger partial charge on any atom is -0.423 e. The summed E-state index contributed by atoms with van der Waals surface area (Å²) < 4.78 is 14.9. The standard InChI is InChI=1S/C8H8BFN2O2/c1-12-4-11-7-2-5(9(13)14)6(10)3-8(7)12/h2-4,13-14H,1H3. The van der Waals surface area contributed by atoms with Crippen molar-refractivity contribution < 1.29 is 14.4 Å². The first-order valence-corrected chi connectivity index (χ1v) is 4.06. The van der Waals surface area contributed by atoms with Crippen molar-refractivity contribution in [1.29, 1.82) is 0 Å². The highest BCUT2D eigenvalue weighted by molar-refractivity contribution is 6.59. The molecule has 2 N–H and O–H groups in total. The highest BCUT2D eigenvalue weighted by Crippen LogP contribution is 2.11. The summed E-state index contributed by atoms with van der Waals surface area (Å²) in [4.78, 5) is 3.98. The van der Waals surface area contributed by atoms with Gasteiger partial charge in [-0.25, -0.2) is 9.37 Å². The van der Waals surface area contributed by atoms with E-state index in [2.05, 4.69) is 4.98 Å². The van der Waals surface area contributed by atoms with E-state index in [1.165, 1.54) is 18.5 Å². The number of aryl methyl sites for hydroxylation is 1. The normalized spacial score (nSPS) is 10.9. The number of hydrogen-bond acceptors (Lipinski definition) is 3. The van der Waals surface area contributed by atoms with Crippen LogP contribution < -0.4 is 5.46 Å². The first kappa shape index (κ1) is 9.17. The van der Waals surface area contributed by atoms with Crippen LogP contribution in [0.15, 0.2) is 18.5 Å². The van der Waals surface area contributed by atoms with Gasteiger partial charge in [0.05, 0.1) is 17.4 Å². The van der Waals surface area contributed by atoms with Crippen LogP contribution in [0.25, 0.3) is 11.0 Å². The molecule has 0 saturated heterocycles. The molecule has 0 radical (unpaired) electrons. The Balaban J connectivity index is 2.72. The summed E-state index contributed by atoms with van der Waals surface area (Å²) >= 11 is 0. The monoisotopic (exact) mass is 194 g/mol. The van der Waals surface area contributed by atoms with Crippen LogP contribution >= 0.6 is 0 Å². The average molecular weight is 194 g/mol. The number of halogens is 1. The Morgan fingerprint density at radius 1 is 1.43 bits per heavy atom. The van der Waals surface area contributed by atoms with Crippen molar-refractivity contribution in [2.24, 2.45) is 7.05 Å². The number of benzene rings is 1. The molecule has 4 nitrogen and oxygen atoms in total. The number of aromatic nitrogens is 2. The van der Waals surface area contributed by atoms with Gasteiger partial charge in [0.2, 0.25) is 0 Å². The maximum absolute atomic E-state index is 13.3. The highest BCUT2D eigenvalue weighted by atomic mass is 19.1. The van der Waals surface area contributed by atoms with Gasteiger partial charge < -0.3 is 14.6 Å². The largest absolute Gasteiger partial charge is 0.491 e. The van der Waals surface area contributed by atoms with Gasteiger partial charge in [-0.2, -0.15) is 0 Å². The Bertz CT molecular complexity index is 483. The predicted molar refractivity (Wildman–Crippen MR) is 50.5 cm³/mol. The second-order valence-corrected chi connectivity index (χ2v) is 3.09. The highest BCUT2D eigenvalue weighted by Gasteiger charge is 2.18. The van der Waals surface area contributed by atoms with Crippen LogP contribution in [0, 0.1) is 5.82 Å². The van der Waals surface area contributed by atoms with E-state index in [9.17, 15) is 4.39 Å². The molecule has 0 spiro atoms. The first-order valence-electron chi connectivity index (χ1n) is 4.06. The fraction of sp³-hybridized carbons (Fsp3) is 0.125. The van der Waals surface area contributed by atoms with Crippen molar-refractivity contribution in [2.75, 3.05) is 0 Å². The number of nitrogens with zero attached hydrogens (tertiary/aromatic N) is 2. The van der Waals surface area contributed by atoms with E-state index in [1.54, 1.807) is 11.6 Å². The van der Waals surface area contributed by atoms with Crippen LogP contribution in [-0.4, -0.2) is 26.7 Å². The SMILES string of the molecule is Cn1cnc2cc(B(O)O)c(F)cc21. The van der Waals surface area contributed by atoms with Crippen LogP contribution in [0.5, 0.6) is 0 Å². The van der Waals surface area contributed by atoms with Crippen LogP contribution in [0.2, 0.25) is 0 Å². The summed E-state index contributed by atoms with van der Waals surface area (Å²) in [6.07, 6.45) is 1.54. The maximum atomic E-state index is 13.3. The molecule has 0 atom stereocenters. The van der Waals surface area contributed by atoms with E-state index >= 15 is 0 Å². The summed E-state index contributed by atoms with van der Waals surface area (Å²) in [6, 6.07) is 2.56. The molecule has 72 valence electrons. The molecule has 1 heterocycles. The van der Waals surface area contributed by atoms with E-state index in [0.29, 0.717) is 11.0 Å². The van der Waals surface area contributed by atoms with Gasteiger partial charge >= 0.3 is 7.12 Å². The Hall–Kier alpha value is -1.40. The van der Waals surface area contributed by atoms with Crippen molar-refractivity contribution in [1.82, 2.24) is 9.55 Å². The van der Waals surface area contributed by atoms with Gasteiger partial charge in [0.15, 0.2) is 0 Å². The summed E-state index contributed by atoms with van der Waals surface area (Å²) in [7, 11) is -0.0644. The Morgan fingerprint density at radius 2 is 2.14 bits per heavy atom. The maximum Gasteiger partial charge on any atom is 0.491 e. The van der Waals surface area contributed by atoms with Crippen molar-refractivity contribution in [3.8, 4) is 0 Å². The molecule has 0 aliphatic heterocycles. The fourth-order valence-electron chi connectivity index (χ4n) is 1.36. The molecule has 2 aromatic rings. The van der Waals surface area contributed by atoms with Gasteiger partial charge in [0.1, 0.15) is 5.82 Å². The lowest BCUT2D eigenvalue weighted by Gasteiger charge is -2.01. The molecule has 6 heteroatoms. The zero-order valence-corrected chi connectivity index (χ0v) is 7.48. The topological polar surface area (TPSA) is 58.3 Å². The van der Waals surface area contributed by atoms with Crippen LogP contribution in [0.3, 0.4) is 0 Å². The zero-order chi connectivity index (χ0) is 10.3. The van der Waals surface area contributed by atoms with Crippen LogP contribution in [-0.2, 0) is 7.05 Å². The van der Waals surface area contributed by atoms with E-state index in [-0.39, 0.29) is 5.46 Å². The molecule has 0 aliphatic carbocycles. The molecule has 0 bridgehead atoms. The third kappa shape index (κ3) is 1.28. The lowest BCUT2D eigenvalue weighted by Crippen LogP contribution is -2.32. The van der Waals surface area contributed by atoms with Crippen LogP contribution in [0.1, 0.15) is 0 Å². The second-order valence-electron chi connectivity index (χ2n) is 3.09. The van der Waals surface area contributed by atoms with Gasteiger partial charge in [-0.1, -0.05) is 0 Å². The van der Waals surface area contributed by atoms with E-state index in [0.717, 1.165) is 0 Å². The molecule has 0 amide bonds. The summed E-state index contributed by atoms with van der Waals surface area (Å²) in [5.74, 6) is -0.642. The molecule has 1 aromatic carbocycles. The minimum atomic E-state index is -1.80. The first-order chi connectivity index (χ1) is 6.59. The lowest BCUT2D eigenvalue weighted by molar-refractivity contribution is 0.423. The lowest BCUT2D eigenvalue weighted by atomic mass is 9.80. The average Bonchev–Trinajstić information content (AvgIpc) is 2.46. The molecule has 1 aromatic heterocycles. The van der Waals surface area contributed by atoms with E-state index < -0.39 is 12.9 Å². The second kappa shape index (κ2) is 3.07. The Morgan fingerprint density at radius 3 is 2.79 bits per heavy atom. The number of imidazole rings is 1. The smallest absolute Gasteiger partial charge is 0.423 e. The molecular formula is C8H8BFN2O2. The number of hydrogen-bond donors (Lipinski definition) is 2. The van der Waals surface area contributed by atoms with Gasteiger partial charge in [0, 0.05) is 12.5 Å². The Labute approximate surface area is 79.8 Å². The molecule has 0 saturated carbocycles.